The molecule has 0 saturated carbocycles. The second-order valence-corrected chi connectivity index (χ2v) is 2.60. The molecule has 1 aromatic heterocycles. The van der Waals surface area contributed by atoms with Gasteiger partial charge in [-0.15, -0.1) is 11.6 Å². The van der Waals surface area contributed by atoms with E-state index in [0.29, 0.717) is 11.6 Å². The highest BCUT2D eigenvalue weighted by molar-refractivity contribution is 6.17. The van der Waals surface area contributed by atoms with Gasteiger partial charge in [-0.1, -0.05) is 0 Å². The maximum atomic E-state index is 10.8. The SMILES string of the molecule is CC(=O)c1cc(CCl)n(C)n1. The molecule has 0 aliphatic heterocycles. The maximum absolute atomic E-state index is 10.8. The Morgan fingerprint density at radius 1 is 1.82 bits per heavy atom. The van der Waals surface area contributed by atoms with Crippen LogP contribution in [0.3, 0.4) is 0 Å². The van der Waals surface area contributed by atoms with E-state index in [1.54, 1.807) is 17.8 Å². The first-order valence-corrected chi connectivity index (χ1v) is 3.78. The van der Waals surface area contributed by atoms with Crippen LogP contribution in [0.2, 0.25) is 0 Å². The smallest absolute Gasteiger partial charge is 0.179 e. The van der Waals surface area contributed by atoms with E-state index < -0.39 is 0 Å². The number of aryl methyl sites for hydroxylation is 1. The molecule has 3 nitrogen and oxygen atoms in total. The lowest BCUT2D eigenvalue weighted by atomic mass is 10.3. The highest BCUT2D eigenvalue weighted by Gasteiger charge is 2.06. The zero-order valence-corrected chi connectivity index (χ0v) is 7.22. The number of halogens is 1. The molecule has 1 heterocycles. The number of Topliss-reactive ketones (excluding diaryl/α,β-unsaturated/α-hetero) is 1. The lowest BCUT2D eigenvalue weighted by Gasteiger charge is -1.91. The normalized spacial score (nSPS) is 10.1. The number of ketones is 1. The van der Waals surface area contributed by atoms with Gasteiger partial charge >= 0.3 is 0 Å². The first-order valence-electron chi connectivity index (χ1n) is 3.25. The van der Waals surface area contributed by atoms with Crippen LogP contribution in [0.4, 0.5) is 0 Å². The van der Waals surface area contributed by atoms with Crippen LogP contribution in [0.1, 0.15) is 23.1 Å². The van der Waals surface area contributed by atoms with E-state index in [4.69, 9.17) is 11.6 Å². The van der Waals surface area contributed by atoms with Crippen molar-refractivity contribution in [2.75, 3.05) is 0 Å². The molecular formula is C7H9ClN2O. The summed E-state index contributed by atoms with van der Waals surface area (Å²) in [6, 6.07) is 1.70. The highest BCUT2D eigenvalue weighted by Crippen LogP contribution is 2.05. The van der Waals surface area contributed by atoms with Crippen LogP contribution in [0.25, 0.3) is 0 Å². The fraction of sp³-hybridized carbons (Fsp3) is 0.429. The van der Waals surface area contributed by atoms with Crippen molar-refractivity contribution in [3.63, 3.8) is 0 Å². The first-order chi connectivity index (χ1) is 5.15. The zero-order valence-electron chi connectivity index (χ0n) is 6.47. The molecule has 0 atom stereocenters. The van der Waals surface area contributed by atoms with E-state index >= 15 is 0 Å². The average Bonchev–Trinajstić information content (AvgIpc) is 2.31. The summed E-state index contributed by atoms with van der Waals surface area (Å²) in [5, 5.41) is 3.96. The third-order valence-electron chi connectivity index (χ3n) is 1.47. The molecule has 0 radical (unpaired) electrons. The number of nitrogens with zero attached hydrogens (tertiary/aromatic N) is 2. The van der Waals surface area contributed by atoms with Crippen molar-refractivity contribution in [2.24, 2.45) is 7.05 Å². The molecule has 0 amide bonds. The average molecular weight is 173 g/mol. The summed E-state index contributed by atoms with van der Waals surface area (Å²) in [5.74, 6) is 0.355. The molecule has 0 fully saturated rings. The van der Waals surface area contributed by atoms with Crippen molar-refractivity contribution < 1.29 is 4.79 Å². The number of carbonyl (C=O) groups excluding carboxylic acids is 1. The third-order valence-corrected chi connectivity index (χ3v) is 1.75. The van der Waals surface area contributed by atoms with Crippen molar-refractivity contribution in [3.05, 3.63) is 17.5 Å². The Balaban J connectivity index is 3.05. The molecule has 0 spiro atoms. The number of aromatic nitrogens is 2. The maximum Gasteiger partial charge on any atom is 0.179 e. The second-order valence-electron chi connectivity index (χ2n) is 2.33. The van der Waals surface area contributed by atoms with Gasteiger partial charge in [0.25, 0.3) is 0 Å². The molecule has 0 saturated heterocycles. The summed E-state index contributed by atoms with van der Waals surface area (Å²) >= 11 is 5.58. The van der Waals surface area contributed by atoms with Crippen molar-refractivity contribution in [3.8, 4) is 0 Å². The van der Waals surface area contributed by atoms with Gasteiger partial charge in [0, 0.05) is 14.0 Å². The minimum atomic E-state index is -0.0306. The van der Waals surface area contributed by atoms with Crippen LogP contribution < -0.4 is 0 Å². The predicted octanol–water partition coefficient (Wildman–Crippen LogP) is 1.36. The number of carbonyl (C=O) groups is 1. The van der Waals surface area contributed by atoms with E-state index in [1.807, 2.05) is 0 Å². The van der Waals surface area contributed by atoms with Crippen LogP contribution in [-0.2, 0) is 12.9 Å². The van der Waals surface area contributed by atoms with Gasteiger partial charge in [-0.25, -0.2) is 0 Å². The minimum absolute atomic E-state index is 0.0306. The van der Waals surface area contributed by atoms with Gasteiger partial charge in [-0.3, -0.25) is 9.48 Å². The van der Waals surface area contributed by atoms with Gasteiger partial charge in [0.15, 0.2) is 5.78 Å². The first kappa shape index (κ1) is 8.27. The van der Waals surface area contributed by atoms with Gasteiger partial charge < -0.3 is 0 Å². The highest BCUT2D eigenvalue weighted by atomic mass is 35.5. The molecule has 1 aromatic rings. The second kappa shape index (κ2) is 3.05. The lowest BCUT2D eigenvalue weighted by Crippen LogP contribution is -1.97. The Bertz CT molecular complexity index is 280. The van der Waals surface area contributed by atoms with Crippen molar-refractivity contribution >= 4 is 17.4 Å². The molecule has 11 heavy (non-hydrogen) atoms. The van der Waals surface area contributed by atoms with Crippen molar-refractivity contribution in [2.45, 2.75) is 12.8 Å². The standard InChI is InChI=1S/C7H9ClN2O/c1-5(11)7-3-6(4-8)10(2)9-7/h3H,4H2,1-2H3. The van der Waals surface area contributed by atoms with Gasteiger partial charge in [0.05, 0.1) is 11.6 Å². The Morgan fingerprint density at radius 3 is 2.73 bits per heavy atom. The molecule has 0 aliphatic rings. The molecule has 4 heteroatoms. The van der Waals surface area contributed by atoms with E-state index in [9.17, 15) is 4.79 Å². The minimum Gasteiger partial charge on any atom is -0.293 e. The fourth-order valence-electron chi connectivity index (χ4n) is 0.803. The summed E-state index contributed by atoms with van der Waals surface area (Å²) in [7, 11) is 1.77. The summed E-state index contributed by atoms with van der Waals surface area (Å²) in [5.41, 5.74) is 1.33. The number of hydrogen-bond donors (Lipinski definition) is 0. The number of alkyl halides is 1. The Hall–Kier alpha value is -0.830. The Morgan fingerprint density at radius 2 is 2.45 bits per heavy atom. The molecule has 0 unspecified atom stereocenters. The van der Waals surface area contributed by atoms with Crippen molar-refractivity contribution in [1.29, 1.82) is 0 Å². The molecule has 1 rings (SSSR count). The summed E-state index contributed by atoms with van der Waals surface area (Å²) in [6.07, 6.45) is 0. The summed E-state index contributed by atoms with van der Waals surface area (Å²) < 4.78 is 1.61. The van der Waals surface area contributed by atoms with E-state index in [1.165, 1.54) is 6.92 Å². The Kier molecular flexibility index (Phi) is 2.29. The summed E-state index contributed by atoms with van der Waals surface area (Å²) in [6.45, 7) is 1.49. The molecule has 0 bridgehead atoms. The molecule has 0 N–H and O–H groups in total. The number of hydrogen-bond acceptors (Lipinski definition) is 2. The molecule has 60 valence electrons. The van der Waals surface area contributed by atoms with Gasteiger partial charge in [0.1, 0.15) is 5.69 Å². The number of rotatable bonds is 2. The van der Waals surface area contributed by atoms with Crippen molar-refractivity contribution in [1.82, 2.24) is 9.78 Å². The zero-order chi connectivity index (χ0) is 8.43. The van der Waals surface area contributed by atoms with Crippen LogP contribution >= 0.6 is 11.6 Å². The third kappa shape index (κ3) is 1.60. The van der Waals surface area contributed by atoms with Gasteiger partial charge in [-0.2, -0.15) is 5.10 Å². The largest absolute Gasteiger partial charge is 0.293 e. The van der Waals surface area contributed by atoms with Crippen LogP contribution in [0, 0.1) is 0 Å². The van der Waals surface area contributed by atoms with Crippen LogP contribution in [-0.4, -0.2) is 15.6 Å². The quantitative estimate of drug-likeness (QED) is 0.499. The van der Waals surface area contributed by atoms with E-state index in [-0.39, 0.29) is 5.78 Å². The van der Waals surface area contributed by atoms with Gasteiger partial charge in [0.2, 0.25) is 0 Å². The van der Waals surface area contributed by atoms with E-state index in [0.717, 1.165) is 5.69 Å². The molecule has 0 aliphatic carbocycles. The topological polar surface area (TPSA) is 34.9 Å². The monoisotopic (exact) mass is 172 g/mol. The fourth-order valence-corrected chi connectivity index (χ4v) is 1.05. The van der Waals surface area contributed by atoms with Crippen LogP contribution in [0.5, 0.6) is 0 Å². The molecular weight excluding hydrogens is 164 g/mol. The predicted molar refractivity (Wildman–Crippen MR) is 42.8 cm³/mol. The van der Waals surface area contributed by atoms with Crippen LogP contribution in [0.15, 0.2) is 6.07 Å². The van der Waals surface area contributed by atoms with E-state index in [2.05, 4.69) is 5.10 Å². The Labute approximate surface area is 70.0 Å². The lowest BCUT2D eigenvalue weighted by molar-refractivity contribution is 0.101. The van der Waals surface area contributed by atoms with Gasteiger partial charge in [-0.05, 0) is 6.07 Å². The molecule has 0 aromatic carbocycles. The summed E-state index contributed by atoms with van der Waals surface area (Å²) in [4.78, 5) is 10.8.